The lowest BCUT2D eigenvalue weighted by Crippen LogP contribution is -2.00. The zero-order valence-electron chi connectivity index (χ0n) is 5.70. The number of hydrogen-bond acceptors (Lipinski definition) is 2. The Morgan fingerprint density at radius 3 is 1.89 bits per heavy atom. The van der Waals surface area contributed by atoms with Crippen LogP contribution in [0.25, 0.3) is 0 Å². The summed E-state index contributed by atoms with van der Waals surface area (Å²) in [6.07, 6.45) is 7.47. The maximum atomic E-state index is 3.72. The van der Waals surface area contributed by atoms with Crippen LogP contribution in [0.1, 0.15) is 13.8 Å². The van der Waals surface area contributed by atoms with Crippen molar-refractivity contribution in [3.63, 3.8) is 0 Å². The summed E-state index contributed by atoms with van der Waals surface area (Å²) in [6, 6.07) is 0. The largest absolute Gasteiger partial charge is 0.159 e. The highest BCUT2D eigenvalue weighted by atomic mass is 15.1. The Labute approximate surface area is 55.0 Å². The number of nitrogens with zero attached hydrogens (tertiary/aromatic N) is 2. The molecule has 0 amide bonds. The molecule has 0 radical (unpaired) electrons. The van der Waals surface area contributed by atoms with Gasteiger partial charge < -0.3 is 0 Å². The Kier molecular flexibility index (Phi) is 1.47. The standard InChI is InChI=1S/C7H10N2/c1-7(2)3-5-8-9-6-4-7/h3-6H,1-2H3. The summed E-state index contributed by atoms with van der Waals surface area (Å²) in [5.74, 6) is 0. The molecule has 0 aromatic carbocycles. The minimum atomic E-state index is 0.115. The van der Waals surface area contributed by atoms with Gasteiger partial charge in [-0.2, -0.15) is 10.2 Å². The van der Waals surface area contributed by atoms with E-state index < -0.39 is 0 Å². The topological polar surface area (TPSA) is 24.7 Å². The zero-order chi connectivity index (χ0) is 6.74. The molecule has 1 aliphatic rings. The summed E-state index contributed by atoms with van der Waals surface area (Å²) < 4.78 is 0. The van der Waals surface area contributed by atoms with E-state index in [2.05, 4.69) is 24.1 Å². The minimum absolute atomic E-state index is 0.115. The van der Waals surface area contributed by atoms with Gasteiger partial charge in [-0.25, -0.2) is 0 Å². The van der Waals surface area contributed by atoms with Crippen molar-refractivity contribution in [2.24, 2.45) is 15.6 Å². The van der Waals surface area contributed by atoms with Gasteiger partial charge in [0.25, 0.3) is 0 Å². The van der Waals surface area contributed by atoms with E-state index in [0.717, 1.165) is 0 Å². The van der Waals surface area contributed by atoms with Crippen LogP contribution in [0.2, 0.25) is 0 Å². The molecule has 9 heavy (non-hydrogen) atoms. The lowest BCUT2D eigenvalue weighted by atomic mass is 9.94. The van der Waals surface area contributed by atoms with Crippen LogP contribution >= 0.6 is 0 Å². The van der Waals surface area contributed by atoms with Crippen LogP contribution in [0.4, 0.5) is 0 Å². The van der Waals surface area contributed by atoms with Gasteiger partial charge in [0.15, 0.2) is 0 Å². The van der Waals surface area contributed by atoms with Crippen molar-refractivity contribution in [2.45, 2.75) is 13.8 Å². The first kappa shape index (κ1) is 6.20. The minimum Gasteiger partial charge on any atom is -0.159 e. The molecule has 1 rings (SSSR count). The first-order chi connectivity index (χ1) is 4.21. The maximum Gasteiger partial charge on any atom is 0.0464 e. The van der Waals surface area contributed by atoms with Crippen molar-refractivity contribution < 1.29 is 0 Å². The molecule has 0 aromatic rings. The third kappa shape index (κ3) is 1.80. The molecule has 1 aliphatic heterocycles. The van der Waals surface area contributed by atoms with Crippen LogP contribution in [0.15, 0.2) is 34.8 Å². The van der Waals surface area contributed by atoms with Crippen molar-refractivity contribution in [1.29, 1.82) is 0 Å². The lowest BCUT2D eigenvalue weighted by Gasteiger charge is -2.10. The molecule has 0 unspecified atom stereocenters. The highest BCUT2D eigenvalue weighted by molar-refractivity contribution is 5.07. The van der Waals surface area contributed by atoms with Gasteiger partial charge >= 0.3 is 0 Å². The Morgan fingerprint density at radius 2 is 1.44 bits per heavy atom. The Morgan fingerprint density at radius 1 is 1.00 bits per heavy atom. The van der Waals surface area contributed by atoms with Crippen molar-refractivity contribution >= 4 is 0 Å². The SMILES string of the molecule is CC1(C)C=CN=NC=C1. The summed E-state index contributed by atoms with van der Waals surface area (Å²) in [6.45, 7) is 4.22. The van der Waals surface area contributed by atoms with Crippen molar-refractivity contribution in [1.82, 2.24) is 0 Å². The number of rotatable bonds is 0. The van der Waals surface area contributed by atoms with E-state index >= 15 is 0 Å². The molecule has 48 valence electrons. The second-order valence-electron chi connectivity index (χ2n) is 2.68. The molecule has 0 bridgehead atoms. The summed E-state index contributed by atoms with van der Waals surface area (Å²) in [5, 5.41) is 7.45. The Bertz CT molecular complexity index is 157. The summed E-state index contributed by atoms with van der Waals surface area (Å²) in [5.41, 5.74) is 0.115. The number of azo groups is 1. The zero-order valence-corrected chi connectivity index (χ0v) is 5.70. The first-order valence-corrected chi connectivity index (χ1v) is 2.96. The fourth-order valence-corrected chi connectivity index (χ4v) is 0.583. The smallest absolute Gasteiger partial charge is 0.0464 e. The number of allylic oxidation sites excluding steroid dienone is 2. The second kappa shape index (κ2) is 2.13. The molecular weight excluding hydrogens is 112 g/mol. The molecule has 1 heterocycles. The quantitative estimate of drug-likeness (QED) is 0.471. The fourth-order valence-electron chi connectivity index (χ4n) is 0.583. The van der Waals surface area contributed by atoms with Gasteiger partial charge in [-0.15, -0.1) is 0 Å². The van der Waals surface area contributed by atoms with Crippen LogP contribution < -0.4 is 0 Å². The summed E-state index contributed by atoms with van der Waals surface area (Å²) in [4.78, 5) is 0. The van der Waals surface area contributed by atoms with E-state index in [0.29, 0.717) is 0 Å². The average molecular weight is 122 g/mol. The second-order valence-corrected chi connectivity index (χ2v) is 2.68. The lowest BCUT2D eigenvalue weighted by molar-refractivity contribution is 0.626. The van der Waals surface area contributed by atoms with Crippen LogP contribution in [0.3, 0.4) is 0 Å². The molecule has 0 aliphatic carbocycles. The van der Waals surface area contributed by atoms with Crippen LogP contribution in [-0.4, -0.2) is 0 Å². The fraction of sp³-hybridized carbons (Fsp3) is 0.429. The molecule has 2 nitrogen and oxygen atoms in total. The summed E-state index contributed by atoms with van der Waals surface area (Å²) >= 11 is 0. The van der Waals surface area contributed by atoms with Crippen molar-refractivity contribution in [3.8, 4) is 0 Å². The molecular formula is C7H10N2. The van der Waals surface area contributed by atoms with Crippen LogP contribution in [0, 0.1) is 5.41 Å². The first-order valence-electron chi connectivity index (χ1n) is 2.96. The van der Waals surface area contributed by atoms with Gasteiger partial charge in [-0.05, 0) is 0 Å². The van der Waals surface area contributed by atoms with Crippen LogP contribution in [-0.2, 0) is 0 Å². The molecule has 0 fully saturated rings. The average Bonchev–Trinajstić information content (AvgIpc) is 1.92. The molecule has 0 aromatic heterocycles. The van der Waals surface area contributed by atoms with E-state index in [1.165, 1.54) is 0 Å². The van der Waals surface area contributed by atoms with E-state index in [9.17, 15) is 0 Å². The predicted octanol–water partition coefficient (Wildman–Crippen LogP) is 2.51. The van der Waals surface area contributed by atoms with Gasteiger partial charge in [0.1, 0.15) is 0 Å². The molecule has 0 saturated heterocycles. The summed E-state index contributed by atoms with van der Waals surface area (Å²) in [7, 11) is 0. The third-order valence-corrected chi connectivity index (χ3v) is 1.21. The van der Waals surface area contributed by atoms with Gasteiger partial charge in [-0.3, -0.25) is 0 Å². The Hall–Kier alpha value is -0.920. The Balaban J connectivity index is 2.82. The van der Waals surface area contributed by atoms with Gasteiger partial charge in [0.2, 0.25) is 0 Å². The van der Waals surface area contributed by atoms with E-state index in [1.54, 1.807) is 12.4 Å². The number of hydrogen-bond donors (Lipinski definition) is 0. The van der Waals surface area contributed by atoms with Gasteiger partial charge in [-0.1, -0.05) is 26.0 Å². The highest BCUT2D eigenvalue weighted by Gasteiger charge is 2.08. The van der Waals surface area contributed by atoms with E-state index in [1.807, 2.05) is 12.2 Å². The van der Waals surface area contributed by atoms with Crippen molar-refractivity contribution in [3.05, 3.63) is 24.6 Å². The molecule has 0 N–H and O–H groups in total. The third-order valence-electron chi connectivity index (χ3n) is 1.21. The predicted molar refractivity (Wildman–Crippen MR) is 36.9 cm³/mol. The van der Waals surface area contributed by atoms with E-state index in [4.69, 9.17) is 0 Å². The maximum absolute atomic E-state index is 3.72. The van der Waals surface area contributed by atoms with Crippen LogP contribution in [0.5, 0.6) is 0 Å². The van der Waals surface area contributed by atoms with Gasteiger partial charge in [0.05, 0.1) is 0 Å². The molecule has 2 heteroatoms. The normalized spacial score (nSPS) is 22.0. The molecule has 0 saturated carbocycles. The molecule has 0 atom stereocenters. The van der Waals surface area contributed by atoms with E-state index in [-0.39, 0.29) is 5.41 Å². The highest BCUT2D eigenvalue weighted by Crippen LogP contribution is 2.20. The monoisotopic (exact) mass is 122 g/mol. The molecule has 0 spiro atoms. The van der Waals surface area contributed by atoms with Crippen molar-refractivity contribution in [2.75, 3.05) is 0 Å². The van der Waals surface area contributed by atoms with Gasteiger partial charge in [0, 0.05) is 17.8 Å².